The van der Waals surface area contributed by atoms with E-state index in [9.17, 15) is 22.8 Å². The van der Waals surface area contributed by atoms with Crippen LogP contribution < -0.4 is 9.47 Å². The normalized spacial score (nSPS) is 11.2. The molecule has 0 bridgehead atoms. The minimum Gasteiger partial charge on any atom is -0.478 e. The molecule has 2 rings (SSSR count). The van der Waals surface area contributed by atoms with Crippen molar-refractivity contribution in [1.82, 2.24) is 4.90 Å². The van der Waals surface area contributed by atoms with E-state index in [2.05, 4.69) is 16.6 Å². The topological polar surface area (TPSA) is 76.1 Å². The number of hydrogen-bond donors (Lipinski definition) is 1. The fourth-order valence-corrected chi connectivity index (χ4v) is 2.63. The summed E-state index contributed by atoms with van der Waals surface area (Å²) in [6, 6.07) is 12.0. The maximum Gasteiger partial charge on any atom is 0.573 e. The van der Waals surface area contributed by atoms with Crippen molar-refractivity contribution in [2.75, 3.05) is 7.05 Å². The van der Waals surface area contributed by atoms with Gasteiger partial charge in [-0.15, -0.1) is 13.2 Å². The third-order valence-corrected chi connectivity index (χ3v) is 4.44. The van der Waals surface area contributed by atoms with Crippen molar-refractivity contribution in [2.24, 2.45) is 0 Å². The minimum absolute atomic E-state index is 0.120. The van der Waals surface area contributed by atoms with Crippen LogP contribution in [-0.4, -0.2) is 40.9 Å². The van der Waals surface area contributed by atoms with Gasteiger partial charge in [0.2, 0.25) is 5.91 Å². The van der Waals surface area contributed by atoms with Crippen LogP contribution in [0.4, 0.5) is 13.2 Å². The fraction of sp³-hybridized carbons (Fsp3) is 0.333. The molecule has 1 amide bonds. The van der Waals surface area contributed by atoms with Crippen LogP contribution in [0.2, 0.25) is 0 Å². The van der Waals surface area contributed by atoms with Crippen LogP contribution in [0, 0.1) is 11.8 Å². The number of ether oxygens (including phenoxy) is 2. The zero-order valence-corrected chi connectivity index (χ0v) is 18.4. The summed E-state index contributed by atoms with van der Waals surface area (Å²) in [6.07, 6.45) is -4.26. The number of carboxylic acid groups (broad SMARTS) is 1. The number of rotatable bonds is 8. The van der Waals surface area contributed by atoms with Crippen molar-refractivity contribution >= 4 is 11.9 Å². The van der Waals surface area contributed by atoms with Gasteiger partial charge in [-0.2, -0.15) is 0 Å². The van der Waals surface area contributed by atoms with Crippen molar-refractivity contribution in [1.29, 1.82) is 0 Å². The Balaban J connectivity index is 1.81. The molecule has 0 aliphatic heterocycles. The summed E-state index contributed by atoms with van der Waals surface area (Å²) < 4.78 is 45.7. The molecule has 0 radical (unpaired) electrons. The summed E-state index contributed by atoms with van der Waals surface area (Å²) in [7, 11) is 1.66. The zero-order chi connectivity index (χ0) is 24.6. The second-order valence-corrected chi connectivity index (χ2v) is 7.69. The van der Waals surface area contributed by atoms with Gasteiger partial charge in [0, 0.05) is 32.0 Å². The van der Waals surface area contributed by atoms with E-state index >= 15 is 0 Å². The predicted molar refractivity (Wildman–Crippen MR) is 114 cm³/mol. The van der Waals surface area contributed by atoms with E-state index in [1.807, 2.05) is 0 Å². The maximum absolute atomic E-state index is 12.3. The van der Waals surface area contributed by atoms with Crippen LogP contribution in [0.3, 0.4) is 0 Å². The molecule has 1 N–H and O–H groups in total. The Bertz CT molecular complexity index is 1020. The van der Waals surface area contributed by atoms with E-state index < -0.39 is 17.9 Å². The summed E-state index contributed by atoms with van der Waals surface area (Å²) in [5.74, 6) is 4.52. The summed E-state index contributed by atoms with van der Waals surface area (Å²) in [4.78, 5) is 25.0. The van der Waals surface area contributed by atoms with Gasteiger partial charge < -0.3 is 19.5 Å². The first-order valence-corrected chi connectivity index (χ1v) is 9.96. The first-order valence-electron chi connectivity index (χ1n) is 9.96. The maximum atomic E-state index is 12.3. The molecule has 0 aliphatic carbocycles. The molecule has 2 aromatic carbocycles. The first kappa shape index (κ1) is 25.6. The van der Waals surface area contributed by atoms with E-state index in [-0.39, 0.29) is 18.1 Å². The lowest BCUT2D eigenvalue weighted by Crippen LogP contribution is -2.37. The molecule has 0 atom stereocenters. The predicted octanol–water partition coefficient (Wildman–Crippen LogP) is 4.62. The average Bonchev–Trinajstić information content (AvgIpc) is 2.72. The molecule has 9 heteroatoms. The van der Waals surface area contributed by atoms with Gasteiger partial charge in [-0.05, 0) is 55.8 Å². The molecular weight excluding hydrogens is 439 g/mol. The van der Waals surface area contributed by atoms with Crippen LogP contribution in [0.1, 0.15) is 37.8 Å². The molecule has 0 heterocycles. The van der Waals surface area contributed by atoms with Gasteiger partial charge in [0.15, 0.2) is 5.60 Å². The van der Waals surface area contributed by atoms with Crippen LogP contribution in [0.15, 0.2) is 48.5 Å². The van der Waals surface area contributed by atoms with Gasteiger partial charge in [-0.25, -0.2) is 4.79 Å². The SMILES string of the molecule is CN(Cc1ccc(OC(C)(C)C(=O)O)cc1)C(=O)CCC#Cc1ccc(OC(F)(F)F)cc1. The standard InChI is InChI=1S/C24H24F3NO5/c1-23(2,22(30)31)32-19-14-10-18(11-15-19)16-28(3)21(29)7-5-4-6-17-8-12-20(13-9-17)33-24(25,26)27/h8-15H,5,7,16H2,1-3H3,(H,30,31). The number of nitrogens with zero attached hydrogens (tertiary/aromatic N) is 1. The Morgan fingerprint density at radius 1 is 0.970 bits per heavy atom. The molecule has 176 valence electrons. The first-order chi connectivity index (χ1) is 15.4. The number of amides is 1. The van der Waals surface area contributed by atoms with Crippen molar-refractivity contribution in [3.8, 4) is 23.3 Å². The summed E-state index contributed by atoms with van der Waals surface area (Å²) >= 11 is 0. The zero-order valence-electron chi connectivity index (χ0n) is 18.4. The smallest absolute Gasteiger partial charge is 0.478 e. The molecule has 2 aromatic rings. The number of hydrogen-bond acceptors (Lipinski definition) is 4. The molecule has 0 spiro atoms. The van der Waals surface area contributed by atoms with Gasteiger partial charge in [-0.1, -0.05) is 24.0 Å². The largest absolute Gasteiger partial charge is 0.573 e. The monoisotopic (exact) mass is 463 g/mol. The molecule has 6 nitrogen and oxygen atoms in total. The van der Waals surface area contributed by atoms with Crippen LogP contribution >= 0.6 is 0 Å². The summed E-state index contributed by atoms with van der Waals surface area (Å²) in [6.45, 7) is 3.27. The van der Waals surface area contributed by atoms with Crippen LogP contribution in [-0.2, 0) is 16.1 Å². The molecule has 33 heavy (non-hydrogen) atoms. The lowest BCUT2D eigenvalue weighted by atomic mass is 10.1. The molecular formula is C24H24F3NO5. The molecule has 0 saturated heterocycles. The van der Waals surface area contributed by atoms with Gasteiger partial charge in [-0.3, -0.25) is 4.79 Å². The molecule has 0 fully saturated rings. The third kappa shape index (κ3) is 8.77. The summed E-state index contributed by atoms with van der Waals surface area (Å²) in [5, 5.41) is 9.12. The Labute approximate surface area is 189 Å². The highest BCUT2D eigenvalue weighted by atomic mass is 19.4. The Hall–Kier alpha value is -3.67. The molecule has 0 aliphatic rings. The van der Waals surface area contributed by atoms with E-state index in [0.29, 0.717) is 24.3 Å². The van der Waals surface area contributed by atoms with Gasteiger partial charge >= 0.3 is 12.3 Å². The number of aliphatic carboxylic acids is 1. The average molecular weight is 463 g/mol. The molecule has 0 saturated carbocycles. The number of halogens is 3. The van der Waals surface area contributed by atoms with Crippen LogP contribution in [0.25, 0.3) is 0 Å². The van der Waals surface area contributed by atoms with E-state index in [1.54, 1.807) is 36.2 Å². The van der Waals surface area contributed by atoms with Crippen LogP contribution in [0.5, 0.6) is 11.5 Å². The van der Waals surface area contributed by atoms with Crippen molar-refractivity contribution in [3.63, 3.8) is 0 Å². The van der Waals surface area contributed by atoms with Crippen molar-refractivity contribution in [3.05, 3.63) is 59.7 Å². The Morgan fingerprint density at radius 3 is 2.06 bits per heavy atom. The van der Waals surface area contributed by atoms with Crippen molar-refractivity contribution in [2.45, 2.75) is 45.2 Å². The molecule has 0 aromatic heterocycles. The number of carbonyl (C=O) groups excluding carboxylic acids is 1. The quantitative estimate of drug-likeness (QED) is 0.579. The van der Waals surface area contributed by atoms with E-state index in [1.165, 1.54) is 38.1 Å². The fourth-order valence-electron chi connectivity index (χ4n) is 2.63. The number of alkyl halides is 3. The second-order valence-electron chi connectivity index (χ2n) is 7.69. The van der Waals surface area contributed by atoms with Gasteiger partial charge in [0.05, 0.1) is 0 Å². The number of carboxylic acids is 1. The van der Waals surface area contributed by atoms with E-state index in [0.717, 1.165) is 5.56 Å². The second kappa shape index (κ2) is 10.8. The minimum atomic E-state index is -4.74. The summed E-state index contributed by atoms with van der Waals surface area (Å²) in [5.41, 5.74) is 0.00562. The third-order valence-electron chi connectivity index (χ3n) is 4.44. The molecule has 0 unspecified atom stereocenters. The number of benzene rings is 2. The lowest BCUT2D eigenvalue weighted by molar-refractivity contribution is -0.274. The van der Waals surface area contributed by atoms with Crippen molar-refractivity contribution < 1.29 is 37.3 Å². The lowest BCUT2D eigenvalue weighted by Gasteiger charge is -2.22. The van der Waals surface area contributed by atoms with Gasteiger partial charge in [0.1, 0.15) is 11.5 Å². The Morgan fingerprint density at radius 2 is 1.52 bits per heavy atom. The highest BCUT2D eigenvalue weighted by Gasteiger charge is 2.31. The highest BCUT2D eigenvalue weighted by Crippen LogP contribution is 2.23. The number of carbonyl (C=O) groups is 2. The van der Waals surface area contributed by atoms with Gasteiger partial charge in [0.25, 0.3) is 0 Å². The highest BCUT2D eigenvalue weighted by molar-refractivity contribution is 5.77. The van der Waals surface area contributed by atoms with E-state index in [4.69, 9.17) is 9.84 Å². The Kier molecular flexibility index (Phi) is 8.35.